The lowest BCUT2D eigenvalue weighted by atomic mass is 10.00. The summed E-state index contributed by atoms with van der Waals surface area (Å²) in [6.07, 6.45) is 0. The first-order chi connectivity index (χ1) is 11.8. The van der Waals surface area contributed by atoms with Gasteiger partial charge in [-0.2, -0.15) is 0 Å². The summed E-state index contributed by atoms with van der Waals surface area (Å²) < 4.78 is 19.2. The van der Waals surface area contributed by atoms with Crippen molar-refractivity contribution in [2.24, 2.45) is 4.99 Å². The van der Waals surface area contributed by atoms with Crippen molar-refractivity contribution in [3.8, 4) is 0 Å². The van der Waals surface area contributed by atoms with Crippen molar-refractivity contribution in [2.45, 2.75) is 33.2 Å². The molecule has 1 N–H and O–H groups in total. The smallest absolute Gasteiger partial charge is 0.193 e. The quantitative estimate of drug-likeness (QED) is 0.644. The monoisotopic (exact) mass is 366 g/mol. The van der Waals surface area contributed by atoms with Gasteiger partial charge in [0.25, 0.3) is 0 Å². The van der Waals surface area contributed by atoms with E-state index in [2.05, 4.69) is 22.4 Å². The van der Waals surface area contributed by atoms with E-state index in [-0.39, 0.29) is 11.7 Å². The second kappa shape index (κ2) is 8.34. The van der Waals surface area contributed by atoms with Crippen LogP contribution in [0.15, 0.2) is 27.7 Å². The maximum absolute atomic E-state index is 14.0. The molecule has 2 aromatic rings. The molecule has 0 saturated heterocycles. The van der Waals surface area contributed by atoms with E-state index in [1.165, 1.54) is 6.07 Å². The number of hydrogen-bond acceptors (Lipinski definition) is 3. The number of nitrogens with zero attached hydrogens (tertiary/aromatic N) is 3. The predicted molar refractivity (Wildman–Crippen MR) is 98.6 cm³/mol. The number of nitrogens with one attached hydrogen (secondary N) is 1. The van der Waals surface area contributed by atoms with Gasteiger partial charge in [-0.3, -0.25) is 4.99 Å². The normalized spacial score (nSPS) is 13.0. The Morgan fingerprint density at radius 1 is 1.44 bits per heavy atom. The molecule has 1 heterocycles. The summed E-state index contributed by atoms with van der Waals surface area (Å²) in [5, 5.41) is 7.72. The Bertz CT molecular complexity index is 720. The third-order valence-corrected chi connectivity index (χ3v) is 4.53. The summed E-state index contributed by atoms with van der Waals surface area (Å²) in [5.41, 5.74) is 2.45. The summed E-state index contributed by atoms with van der Waals surface area (Å²) in [6, 6.07) is 4.69. The van der Waals surface area contributed by atoms with Crippen LogP contribution in [-0.4, -0.2) is 36.7 Å². The summed E-state index contributed by atoms with van der Waals surface area (Å²) >= 11 is 6.11. The number of halogens is 2. The van der Waals surface area contributed by atoms with Crippen LogP contribution >= 0.6 is 11.6 Å². The maximum atomic E-state index is 14.0. The number of rotatable bonds is 5. The zero-order valence-electron chi connectivity index (χ0n) is 15.2. The minimum atomic E-state index is -0.320. The molecule has 0 aliphatic heterocycles. The third-order valence-electron chi connectivity index (χ3n) is 4.18. The highest BCUT2D eigenvalue weighted by molar-refractivity contribution is 6.31. The van der Waals surface area contributed by atoms with Crippen molar-refractivity contribution in [3.05, 3.63) is 51.6 Å². The Morgan fingerprint density at radius 3 is 2.72 bits per heavy atom. The van der Waals surface area contributed by atoms with Crippen LogP contribution in [0.1, 0.15) is 35.4 Å². The summed E-state index contributed by atoms with van der Waals surface area (Å²) in [6.45, 7) is 6.92. The number of hydrogen-bond donors (Lipinski definition) is 1. The Kier molecular flexibility index (Phi) is 6.42. The van der Waals surface area contributed by atoms with E-state index < -0.39 is 0 Å². The fraction of sp³-hybridized carbons (Fsp3) is 0.444. The van der Waals surface area contributed by atoms with E-state index in [0.717, 1.165) is 17.0 Å². The van der Waals surface area contributed by atoms with E-state index in [0.29, 0.717) is 29.6 Å². The summed E-state index contributed by atoms with van der Waals surface area (Å²) in [7, 11) is 3.54. The zero-order valence-corrected chi connectivity index (χ0v) is 16.0. The Hall–Kier alpha value is -2.08. The average Bonchev–Trinajstić information content (AvgIpc) is 2.90. The van der Waals surface area contributed by atoms with Gasteiger partial charge in [-0.1, -0.05) is 29.7 Å². The van der Waals surface area contributed by atoms with Crippen molar-refractivity contribution < 1.29 is 8.91 Å². The van der Waals surface area contributed by atoms with Crippen LogP contribution in [0.5, 0.6) is 0 Å². The summed E-state index contributed by atoms with van der Waals surface area (Å²) in [4.78, 5) is 6.11. The van der Waals surface area contributed by atoms with Gasteiger partial charge in [0.2, 0.25) is 0 Å². The van der Waals surface area contributed by atoms with E-state index in [1.54, 1.807) is 19.2 Å². The number of aromatic nitrogens is 1. The van der Waals surface area contributed by atoms with Crippen LogP contribution in [0.4, 0.5) is 4.39 Å². The SMILES string of the molecule is CN=C(NCC(C)c1c(C)noc1C)N(C)Cc1c(F)cccc1Cl. The highest BCUT2D eigenvalue weighted by Gasteiger charge is 2.18. The number of aliphatic imine (C=N–C) groups is 1. The largest absolute Gasteiger partial charge is 0.361 e. The van der Waals surface area contributed by atoms with Crippen molar-refractivity contribution >= 4 is 17.6 Å². The van der Waals surface area contributed by atoms with Crippen molar-refractivity contribution in [3.63, 3.8) is 0 Å². The first-order valence-electron chi connectivity index (χ1n) is 8.12. The molecule has 7 heteroatoms. The van der Waals surface area contributed by atoms with Gasteiger partial charge in [-0.05, 0) is 26.0 Å². The molecule has 1 aromatic carbocycles. The third kappa shape index (κ3) is 4.51. The average molecular weight is 367 g/mol. The van der Waals surface area contributed by atoms with Crippen molar-refractivity contribution in [2.75, 3.05) is 20.6 Å². The van der Waals surface area contributed by atoms with Crippen LogP contribution in [0.3, 0.4) is 0 Å². The second-order valence-electron chi connectivity index (χ2n) is 6.12. The molecule has 0 amide bonds. The minimum absolute atomic E-state index is 0.202. The molecule has 0 radical (unpaired) electrons. The van der Waals surface area contributed by atoms with Gasteiger partial charge in [0.15, 0.2) is 5.96 Å². The molecule has 136 valence electrons. The molecule has 2 rings (SSSR count). The molecule has 0 aliphatic rings. The Balaban J connectivity index is 2.03. The molecule has 0 bridgehead atoms. The molecule has 1 atom stereocenters. The van der Waals surface area contributed by atoms with Gasteiger partial charge < -0.3 is 14.7 Å². The van der Waals surface area contributed by atoms with Gasteiger partial charge >= 0.3 is 0 Å². The van der Waals surface area contributed by atoms with E-state index in [4.69, 9.17) is 16.1 Å². The molecule has 1 aromatic heterocycles. The lowest BCUT2D eigenvalue weighted by molar-refractivity contribution is 0.391. The Labute approximate surface area is 152 Å². The first kappa shape index (κ1) is 19.2. The molecular formula is C18H24ClFN4O. The number of benzene rings is 1. The highest BCUT2D eigenvalue weighted by atomic mass is 35.5. The zero-order chi connectivity index (χ0) is 18.6. The first-order valence-corrected chi connectivity index (χ1v) is 8.50. The van der Waals surface area contributed by atoms with Crippen LogP contribution < -0.4 is 5.32 Å². The molecule has 0 spiro atoms. The lowest BCUT2D eigenvalue weighted by Crippen LogP contribution is -2.40. The van der Waals surface area contributed by atoms with Gasteiger partial charge in [0.1, 0.15) is 11.6 Å². The van der Waals surface area contributed by atoms with Crippen LogP contribution in [0.25, 0.3) is 0 Å². The fourth-order valence-electron chi connectivity index (χ4n) is 2.92. The molecule has 0 aliphatic carbocycles. The lowest BCUT2D eigenvalue weighted by Gasteiger charge is -2.24. The predicted octanol–water partition coefficient (Wildman–Crippen LogP) is 3.89. The van der Waals surface area contributed by atoms with Gasteiger partial charge in [-0.25, -0.2) is 4.39 Å². The molecule has 25 heavy (non-hydrogen) atoms. The Morgan fingerprint density at radius 2 is 2.16 bits per heavy atom. The minimum Gasteiger partial charge on any atom is -0.361 e. The van der Waals surface area contributed by atoms with Crippen LogP contribution in [0.2, 0.25) is 5.02 Å². The van der Waals surface area contributed by atoms with Gasteiger partial charge in [0, 0.05) is 49.3 Å². The molecule has 0 saturated carbocycles. The van der Waals surface area contributed by atoms with Gasteiger partial charge in [-0.15, -0.1) is 0 Å². The molecular weight excluding hydrogens is 343 g/mol. The van der Waals surface area contributed by atoms with E-state index in [9.17, 15) is 4.39 Å². The standard InChI is InChI=1S/C18H24ClFN4O/c1-11(17-12(2)23-25-13(17)3)9-22-18(21-4)24(5)10-14-15(19)7-6-8-16(14)20/h6-8,11H,9-10H2,1-5H3,(H,21,22). The van der Waals surface area contributed by atoms with Crippen molar-refractivity contribution in [1.82, 2.24) is 15.4 Å². The molecule has 5 nitrogen and oxygen atoms in total. The number of guanidine groups is 1. The van der Waals surface area contributed by atoms with Crippen molar-refractivity contribution in [1.29, 1.82) is 0 Å². The second-order valence-corrected chi connectivity index (χ2v) is 6.53. The maximum Gasteiger partial charge on any atom is 0.193 e. The fourth-order valence-corrected chi connectivity index (χ4v) is 3.14. The highest BCUT2D eigenvalue weighted by Crippen LogP contribution is 2.23. The molecule has 1 unspecified atom stereocenters. The topological polar surface area (TPSA) is 53.7 Å². The molecule has 0 fully saturated rings. The number of aryl methyl sites for hydroxylation is 2. The van der Waals surface area contributed by atoms with E-state index in [1.807, 2.05) is 25.8 Å². The van der Waals surface area contributed by atoms with E-state index >= 15 is 0 Å². The summed E-state index contributed by atoms with van der Waals surface area (Å²) in [5.74, 6) is 1.37. The van der Waals surface area contributed by atoms with Gasteiger partial charge in [0.05, 0.1) is 5.69 Å². The van der Waals surface area contributed by atoms with Crippen LogP contribution in [-0.2, 0) is 6.54 Å². The van der Waals surface area contributed by atoms with Crippen LogP contribution in [0, 0.1) is 19.7 Å².